The predicted molar refractivity (Wildman–Crippen MR) is 122 cm³/mol. The van der Waals surface area contributed by atoms with E-state index < -0.39 is 11.9 Å². The summed E-state index contributed by atoms with van der Waals surface area (Å²) >= 11 is 7.23. The van der Waals surface area contributed by atoms with Crippen molar-refractivity contribution in [1.82, 2.24) is 15.6 Å². The van der Waals surface area contributed by atoms with Crippen LogP contribution in [0.2, 0.25) is 5.02 Å². The van der Waals surface area contributed by atoms with Crippen LogP contribution in [0.25, 0.3) is 0 Å². The first kappa shape index (κ1) is 24.8. The molecule has 0 atom stereocenters. The molecule has 12 heteroatoms. The number of hydrogen-bond donors (Lipinski definition) is 2. The topological polar surface area (TPSA) is 67.8 Å². The molecule has 0 aliphatic carbocycles. The molecule has 0 saturated carbocycles. The number of halogens is 5. The van der Waals surface area contributed by atoms with Gasteiger partial charge in [-0.1, -0.05) is 11.6 Å². The van der Waals surface area contributed by atoms with E-state index in [4.69, 9.17) is 21.1 Å². The first-order valence-electron chi connectivity index (χ1n) is 8.91. The number of guanidine groups is 1. The number of nitrogens with one attached hydrogen (secondary N) is 2. The number of aromatic nitrogens is 1. The molecule has 1 aliphatic heterocycles. The first-order valence-corrected chi connectivity index (χ1v) is 10.2. The van der Waals surface area contributed by atoms with E-state index in [1.165, 1.54) is 0 Å². The number of nitrogens with zero attached hydrogens (tertiary/aromatic N) is 2. The van der Waals surface area contributed by atoms with Crippen LogP contribution < -0.4 is 20.1 Å². The second-order valence-corrected chi connectivity index (χ2v) is 7.50. The van der Waals surface area contributed by atoms with E-state index in [0.29, 0.717) is 66.6 Å². The highest BCUT2D eigenvalue weighted by molar-refractivity contribution is 14.0. The van der Waals surface area contributed by atoms with Crippen LogP contribution in [0, 0.1) is 0 Å². The normalized spacial score (nSPS) is 13.6. The Morgan fingerprint density at radius 3 is 2.57 bits per heavy atom. The molecule has 0 fully saturated rings. The minimum Gasteiger partial charge on any atom is -0.486 e. The van der Waals surface area contributed by atoms with Crippen LogP contribution in [0.3, 0.4) is 0 Å². The van der Waals surface area contributed by atoms with Crippen molar-refractivity contribution in [1.29, 1.82) is 0 Å². The molecule has 30 heavy (non-hydrogen) atoms. The van der Waals surface area contributed by atoms with Crippen molar-refractivity contribution in [2.75, 3.05) is 33.4 Å². The van der Waals surface area contributed by atoms with Gasteiger partial charge in [-0.2, -0.15) is 13.2 Å². The van der Waals surface area contributed by atoms with Gasteiger partial charge in [0.2, 0.25) is 0 Å². The molecule has 166 valence electrons. The summed E-state index contributed by atoms with van der Waals surface area (Å²) in [6, 6.07) is 3.74. The summed E-state index contributed by atoms with van der Waals surface area (Å²) in [4.78, 5) is 7.72. The quantitative estimate of drug-likeness (QED) is 0.307. The van der Waals surface area contributed by atoms with E-state index in [-0.39, 0.29) is 24.0 Å². The molecular formula is C18H21ClF3IN4O2S. The van der Waals surface area contributed by atoms with Gasteiger partial charge in [0, 0.05) is 31.9 Å². The summed E-state index contributed by atoms with van der Waals surface area (Å²) < 4.78 is 48.8. The number of thiazole rings is 1. The lowest BCUT2D eigenvalue weighted by molar-refractivity contribution is -0.140. The van der Waals surface area contributed by atoms with Gasteiger partial charge in [0.1, 0.15) is 13.2 Å². The smallest absolute Gasteiger partial charge is 0.434 e. The lowest BCUT2D eigenvalue weighted by Gasteiger charge is -2.20. The van der Waals surface area contributed by atoms with Crippen LogP contribution in [0.5, 0.6) is 11.5 Å². The molecule has 1 aliphatic rings. The summed E-state index contributed by atoms with van der Waals surface area (Å²) in [5, 5.41) is 8.19. The molecule has 0 bridgehead atoms. The van der Waals surface area contributed by atoms with Gasteiger partial charge in [-0.25, -0.2) is 4.98 Å². The van der Waals surface area contributed by atoms with Crippen molar-refractivity contribution in [3.8, 4) is 11.5 Å². The largest absolute Gasteiger partial charge is 0.486 e. The zero-order chi connectivity index (χ0) is 20.9. The highest BCUT2D eigenvalue weighted by atomic mass is 127. The molecule has 0 radical (unpaired) electrons. The monoisotopic (exact) mass is 576 g/mol. The van der Waals surface area contributed by atoms with Crippen LogP contribution >= 0.6 is 46.9 Å². The Hall–Kier alpha value is -1.47. The molecule has 6 nitrogen and oxygen atoms in total. The van der Waals surface area contributed by atoms with Crippen LogP contribution in [-0.4, -0.2) is 44.3 Å². The first-order chi connectivity index (χ1) is 13.9. The van der Waals surface area contributed by atoms with E-state index in [9.17, 15) is 13.2 Å². The molecule has 2 N–H and O–H groups in total. The van der Waals surface area contributed by atoms with Gasteiger partial charge in [0.25, 0.3) is 0 Å². The second-order valence-electron chi connectivity index (χ2n) is 6.15. The Bertz CT molecular complexity index is 880. The predicted octanol–water partition coefficient (Wildman–Crippen LogP) is 4.15. The molecular weight excluding hydrogens is 556 g/mol. The third-order valence-corrected chi connectivity index (χ3v) is 5.25. The van der Waals surface area contributed by atoms with Crippen molar-refractivity contribution >= 4 is 52.9 Å². The fraction of sp³-hybridized carbons (Fsp3) is 0.444. The maximum Gasteiger partial charge on any atom is 0.434 e. The van der Waals surface area contributed by atoms with Crippen molar-refractivity contribution in [2.24, 2.45) is 4.99 Å². The second kappa shape index (κ2) is 11.2. The average Bonchev–Trinajstić information content (AvgIpc) is 3.16. The number of ether oxygens (including phenoxy) is 2. The highest BCUT2D eigenvalue weighted by Gasteiger charge is 2.33. The molecule has 0 amide bonds. The number of hydrogen-bond acceptors (Lipinski definition) is 5. The van der Waals surface area contributed by atoms with Crippen LogP contribution in [0.4, 0.5) is 13.2 Å². The third-order valence-electron chi connectivity index (χ3n) is 4.06. The fourth-order valence-corrected chi connectivity index (χ4v) is 3.79. The number of rotatable bonds is 6. The van der Waals surface area contributed by atoms with Gasteiger partial charge in [0.05, 0.1) is 10.0 Å². The Balaban J connectivity index is 0.00000320. The van der Waals surface area contributed by atoms with Crippen molar-refractivity contribution < 1.29 is 22.6 Å². The van der Waals surface area contributed by atoms with Gasteiger partial charge in [0.15, 0.2) is 23.2 Å². The van der Waals surface area contributed by atoms with E-state index in [0.717, 1.165) is 22.3 Å². The standard InChI is InChI=1S/C18H20ClF3N4O2S.HI/c1-23-17(25-5-3-15-26-14(10-29-15)18(20,21)22)24-4-2-11-8-12(19)16-13(9-11)27-6-7-28-16;/h8-10H,2-7H2,1H3,(H2,23,24,25);1H. The van der Waals surface area contributed by atoms with E-state index >= 15 is 0 Å². The summed E-state index contributed by atoms with van der Waals surface area (Å²) in [5.41, 5.74) is 0.141. The van der Waals surface area contributed by atoms with E-state index in [1.807, 2.05) is 12.1 Å². The zero-order valence-electron chi connectivity index (χ0n) is 16.0. The minimum absolute atomic E-state index is 0. The molecule has 1 aromatic carbocycles. The van der Waals surface area contributed by atoms with Gasteiger partial charge in [-0.05, 0) is 24.1 Å². The number of alkyl halides is 3. The summed E-state index contributed by atoms with van der Waals surface area (Å²) in [7, 11) is 1.63. The maximum atomic E-state index is 12.6. The van der Waals surface area contributed by atoms with Gasteiger partial charge < -0.3 is 20.1 Å². The SMILES string of the molecule is CN=C(NCCc1cc(Cl)c2c(c1)OCCO2)NCCc1nc(C(F)(F)F)cs1.I. The summed E-state index contributed by atoms with van der Waals surface area (Å²) in [5.74, 6) is 1.77. The van der Waals surface area contributed by atoms with Crippen molar-refractivity contribution in [3.63, 3.8) is 0 Å². The van der Waals surface area contributed by atoms with Crippen LogP contribution in [-0.2, 0) is 19.0 Å². The minimum atomic E-state index is -4.41. The average molecular weight is 577 g/mol. The lowest BCUT2D eigenvalue weighted by atomic mass is 10.1. The Kier molecular flexibility index (Phi) is 9.29. The summed E-state index contributed by atoms with van der Waals surface area (Å²) in [6.07, 6.45) is -3.35. The Morgan fingerprint density at radius 2 is 1.90 bits per heavy atom. The Labute approximate surface area is 198 Å². The van der Waals surface area contributed by atoms with Gasteiger partial charge in [-0.3, -0.25) is 4.99 Å². The molecule has 2 heterocycles. The fourth-order valence-electron chi connectivity index (χ4n) is 2.70. The molecule has 2 aromatic rings. The van der Waals surface area contributed by atoms with E-state index in [1.54, 1.807) is 7.05 Å². The lowest BCUT2D eigenvalue weighted by Crippen LogP contribution is -2.39. The van der Waals surface area contributed by atoms with Crippen LogP contribution in [0.1, 0.15) is 16.3 Å². The molecule has 1 aromatic heterocycles. The molecule has 0 saturated heterocycles. The van der Waals surface area contributed by atoms with Gasteiger partial charge >= 0.3 is 6.18 Å². The van der Waals surface area contributed by atoms with E-state index in [2.05, 4.69) is 20.6 Å². The van der Waals surface area contributed by atoms with Crippen LogP contribution in [0.15, 0.2) is 22.5 Å². The third kappa shape index (κ3) is 6.77. The summed E-state index contributed by atoms with van der Waals surface area (Å²) in [6.45, 7) is 1.98. The molecule has 3 rings (SSSR count). The maximum absolute atomic E-state index is 12.6. The van der Waals surface area contributed by atoms with Gasteiger partial charge in [-0.15, -0.1) is 35.3 Å². The molecule has 0 spiro atoms. The highest BCUT2D eigenvalue weighted by Crippen LogP contribution is 2.38. The Morgan fingerprint density at radius 1 is 1.20 bits per heavy atom. The zero-order valence-corrected chi connectivity index (χ0v) is 19.9. The number of fused-ring (bicyclic) bond motifs is 1. The molecule has 0 unspecified atom stereocenters. The number of aliphatic imine (C=N–C) groups is 1. The van der Waals surface area contributed by atoms with Crippen molar-refractivity contribution in [3.05, 3.63) is 38.8 Å². The van der Waals surface area contributed by atoms with Crippen molar-refractivity contribution in [2.45, 2.75) is 19.0 Å². The number of benzene rings is 1.